The molecule has 0 aliphatic heterocycles. The van der Waals surface area contributed by atoms with Crippen LogP contribution in [0.2, 0.25) is 0 Å². The maximum absolute atomic E-state index is 15.1. The lowest BCUT2D eigenvalue weighted by Gasteiger charge is -2.22. The van der Waals surface area contributed by atoms with Crippen LogP contribution in [0.1, 0.15) is 39.1 Å². The molecule has 2 aromatic carbocycles. The van der Waals surface area contributed by atoms with Crippen molar-refractivity contribution in [2.24, 2.45) is 0 Å². The number of aromatic nitrogens is 5. The van der Waals surface area contributed by atoms with Crippen LogP contribution in [0.25, 0.3) is 31.8 Å². The largest absolute Gasteiger partial charge is 0.484 e. The van der Waals surface area contributed by atoms with Gasteiger partial charge in [0.1, 0.15) is 23.0 Å². The summed E-state index contributed by atoms with van der Waals surface area (Å²) in [6, 6.07) is 6.88. The second-order valence-corrected chi connectivity index (χ2v) is 10.9. The lowest BCUT2D eigenvalue weighted by Crippen LogP contribution is -2.32. The highest BCUT2D eigenvalue weighted by molar-refractivity contribution is 7.21. The smallest absolute Gasteiger partial charge is 0.412 e. The highest BCUT2D eigenvalue weighted by Crippen LogP contribution is 2.37. The first-order valence-electron chi connectivity index (χ1n) is 13.0. The third-order valence-electron chi connectivity index (χ3n) is 6.09. The number of anilines is 1. The number of thiazole rings is 1. The molecule has 0 spiro atoms. The van der Waals surface area contributed by atoms with Crippen molar-refractivity contribution < 1.29 is 23.4 Å². The van der Waals surface area contributed by atoms with Crippen molar-refractivity contribution in [3.05, 3.63) is 60.1 Å². The molecule has 1 amide bonds. The molecule has 0 fully saturated rings. The molecular formula is C29H29FN6O4S. The summed E-state index contributed by atoms with van der Waals surface area (Å²) in [6.07, 6.45) is 2.51. The summed E-state index contributed by atoms with van der Waals surface area (Å²) in [5, 5.41) is 3.24. The van der Waals surface area contributed by atoms with E-state index in [-0.39, 0.29) is 11.9 Å². The second kappa shape index (κ2) is 11.6. The van der Waals surface area contributed by atoms with Crippen LogP contribution in [-0.4, -0.2) is 49.3 Å². The van der Waals surface area contributed by atoms with Gasteiger partial charge in [-0.1, -0.05) is 0 Å². The molecule has 2 atom stereocenters. The summed E-state index contributed by atoms with van der Waals surface area (Å²) in [6.45, 7) is 10.9. The summed E-state index contributed by atoms with van der Waals surface area (Å²) >= 11 is 1.40. The summed E-state index contributed by atoms with van der Waals surface area (Å²) in [5.74, 6) is 0.496. The monoisotopic (exact) mass is 576 g/mol. The Hall–Kier alpha value is -4.45. The Bertz CT molecular complexity index is 1730. The molecular weight excluding hydrogens is 547 g/mol. The standard InChI is InChI=1S/C29H29FN6O4S/c1-14(2)38-26-13-33-27-20(7-15(3)8-23(27)35-26)28-36-22-9-21(30)24(10-25(22)41-28)39-16(4)17(5)40-29(37)34-19-11-31-18(6)32-12-19/h7-14,16-17H,1-6H3,(H,34,37)/t16-,17+/m0/s1. The Balaban J connectivity index is 1.34. The van der Waals surface area contributed by atoms with Gasteiger partial charge in [-0.3, -0.25) is 5.32 Å². The van der Waals surface area contributed by atoms with Crippen LogP contribution >= 0.6 is 11.3 Å². The number of fused-ring (bicyclic) bond motifs is 2. The summed E-state index contributed by atoms with van der Waals surface area (Å²) in [5.41, 5.74) is 4.05. The van der Waals surface area contributed by atoms with Crippen LogP contribution in [0, 0.1) is 19.7 Å². The van der Waals surface area contributed by atoms with Crippen molar-refractivity contribution in [1.82, 2.24) is 24.9 Å². The molecule has 0 aliphatic rings. The van der Waals surface area contributed by atoms with Crippen molar-refractivity contribution >= 4 is 44.4 Å². The van der Waals surface area contributed by atoms with Crippen LogP contribution in [-0.2, 0) is 4.74 Å². The zero-order valence-electron chi connectivity index (χ0n) is 23.4. The molecule has 212 valence electrons. The van der Waals surface area contributed by atoms with Crippen molar-refractivity contribution in [2.45, 2.75) is 59.9 Å². The lowest BCUT2D eigenvalue weighted by molar-refractivity contribution is 0.0402. The average Bonchev–Trinajstić information content (AvgIpc) is 3.31. The molecule has 0 radical (unpaired) electrons. The topological polar surface area (TPSA) is 121 Å². The minimum Gasteiger partial charge on any atom is -0.484 e. The van der Waals surface area contributed by atoms with Crippen LogP contribution in [0.4, 0.5) is 14.9 Å². The Morgan fingerprint density at radius 3 is 2.39 bits per heavy atom. The maximum Gasteiger partial charge on any atom is 0.412 e. The molecule has 1 N–H and O–H groups in total. The number of hydrogen-bond donors (Lipinski definition) is 1. The van der Waals surface area contributed by atoms with E-state index < -0.39 is 24.1 Å². The van der Waals surface area contributed by atoms with Gasteiger partial charge in [-0.15, -0.1) is 11.3 Å². The van der Waals surface area contributed by atoms with E-state index in [1.165, 1.54) is 29.8 Å². The molecule has 41 heavy (non-hydrogen) atoms. The van der Waals surface area contributed by atoms with Gasteiger partial charge >= 0.3 is 6.09 Å². The van der Waals surface area contributed by atoms with Crippen LogP contribution in [0.15, 0.2) is 42.9 Å². The minimum atomic E-state index is -0.695. The molecule has 12 heteroatoms. The maximum atomic E-state index is 15.1. The van der Waals surface area contributed by atoms with E-state index in [9.17, 15) is 4.79 Å². The molecule has 5 rings (SSSR count). The van der Waals surface area contributed by atoms with Gasteiger partial charge in [-0.25, -0.2) is 34.1 Å². The molecule has 0 saturated carbocycles. The fourth-order valence-electron chi connectivity index (χ4n) is 4.01. The quantitative estimate of drug-likeness (QED) is 0.216. The predicted octanol–water partition coefficient (Wildman–Crippen LogP) is 6.64. The number of hydrogen-bond acceptors (Lipinski definition) is 10. The zero-order chi connectivity index (χ0) is 29.3. The molecule has 3 aromatic heterocycles. The lowest BCUT2D eigenvalue weighted by atomic mass is 10.1. The Morgan fingerprint density at radius 1 is 0.902 bits per heavy atom. The Labute approximate surface area is 240 Å². The molecule has 0 bridgehead atoms. The Morgan fingerprint density at radius 2 is 1.66 bits per heavy atom. The average molecular weight is 577 g/mol. The number of halogens is 1. The van der Waals surface area contributed by atoms with Crippen molar-refractivity contribution in [1.29, 1.82) is 0 Å². The van der Waals surface area contributed by atoms with E-state index in [0.717, 1.165) is 15.8 Å². The first kappa shape index (κ1) is 28.1. The number of benzene rings is 2. The fraction of sp³-hybridized carbons (Fsp3) is 0.310. The van der Waals surface area contributed by atoms with Gasteiger partial charge in [0.25, 0.3) is 0 Å². The first-order valence-corrected chi connectivity index (χ1v) is 13.8. The van der Waals surface area contributed by atoms with Crippen LogP contribution in [0.5, 0.6) is 11.6 Å². The molecule has 0 aliphatic carbocycles. The second-order valence-electron chi connectivity index (χ2n) is 9.90. The first-order chi connectivity index (χ1) is 19.5. The number of ether oxygens (including phenoxy) is 3. The summed E-state index contributed by atoms with van der Waals surface area (Å²) in [4.78, 5) is 34.2. The van der Waals surface area contributed by atoms with E-state index in [1.807, 2.05) is 32.9 Å². The molecule has 0 unspecified atom stereocenters. The van der Waals surface area contributed by atoms with Crippen LogP contribution in [0.3, 0.4) is 0 Å². The third-order valence-corrected chi connectivity index (χ3v) is 7.14. The highest BCUT2D eigenvalue weighted by atomic mass is 32.1. The highest BCUT2D eigenvalue weighted by Gasteiger charge is 2.22. The third kappa shape index (κ3) is 6.49. The number of nitrogens with zero attached hydrogens (tertiary/aromatic N) is 5. The number of carbonyl (C=O) groups excluding carboxylic acids is 1. The van der Waals surface area contributed by atoms with Crippen molar-refractivity contribution in [3.63, 3.8) is 0 Å². The van der Waals surface area contributed by atoms with Gasteiger partial charge in [0.15, 0.2) is 11.6 Å². The van der Waals surface area contributed by atoms with E-state index in [4.69, 9.17) is 14.2 Å². The number of aryl methyl sites for hydroxylation is 2. The normalized spacial score (nSPS) is 12.9. The van der Waals surface area contributed by atoms with Crippen molar-refractivity contribution in [3.8, 4) is 22.2 Å². The van der Waals surface area contributed by atoms with E-state index in [2.05, 4.69) is 30.2 Å². The molecule has 0 saturated heterocycles. The van der Waals surface area contributed by atoms with Crippen molar-refractivity contribution in [2.75, 3.05) is 5.32 Å². The van der Waals surface area contributed by atoms with Gasteiger partial charge in [0, 0.05) is 17.7 Å². The molecule has 10 nitrogen and oxygen atoms in total. The number of amides is 1. The van der Waals surface area contributed by atoms with Gasteiger partial charge < -0.3 is 14.2 Å². The number of carbonyl (C=O) groups is 1. The van der Waals surface area contributed by atoms with E-state index >= 15 is 4.39 Å². The summed E-state index contributed by atoms with van der Waals surface area (Å²) in [7, 11) is 0. The predicted molar refractivity (Wildman–Crippen MR) is 155 cm³/mol. The molecule has 3 heterocycles. The Kier molecular flexibility index (Phi) is 7.93. The summed E-state index contributed by atoms with van der Waals surface area (Å²) < 4.78 is 32.8. The zero-order valence-corrected chi connectivity index (χ0v) is 24.2. The van der Waals surface area contributed by atoms with Gasteiger partial charge in [-0.2, -0.15) is 0 Å². The van der Waals surface area contributed by atoms with E-state index in [1.54, 1.807) is 33.0 Å². The SMILES string of the molecule is Cc1cc(-c2nc3cc(F)c(O[C@@H](C)[C@@H](C)OC(=O)Nc4cnc(C)nc4)cc3s2)c2ncc(OC(C)C)nc2c1. The van der Waals surface area contributed by atoms with Gasteiger partial charge in [0.2, 0.25) is 5.88 Å². The van der Waals surface area contributed by atoms with Crippen LogP contribution < -0.4 is 14.8 Å². The van der Waals surface area contributed by atoms with E-state index in [0.29, 0.717) is 38.9 Å². The molecule has 5 aromatic rings. The van der Waals surface area contributed by atoms with Gasteiger partial charge in [0.05, 0.1) is 51.6 Å². The number of nitrogens with one attached hydrogen (secondary N) is 1. The fourth-order valence-corrected chi connectivity index (χ4v) is 5.00. The van der Waals surface area contributed by atoms with Gasteiger partial charge in [-0.05, 0) is 59.2 Å². The number of rotatable bonds is 8. The minimum absolute atomic E-state index is 0.0233.